The molecule has 0 unspecified atom stereocenters. The highest BCUT2D eigenvalue weighted by Crippen LogP contribution is 2.34. The minimum atomic E-state index is -0.442. The summed E-state index contributed by atoms with van der Waals surface area (Å²) in [6.45, 7) is 1.93. The predicted octanol–water partition coefficient (Wildman–Crippen LogP) is 4.32. The topological polar surface area (TPSA) is 93.4 Å². The number of hydrogen-bond acceptors (Lipinski definition) is 7. The SMILES string of the molecule is COC(=O)c1ccccc1N(C)c1ncnc(Nc2ccc(C)c(Cl)c2)c1N. The molecule has 0 atom stereocenters. The number of nitrogens with one attached hydrogen (secondary N) is 1. The maximum Gasteiger partial charge on any atom is 0.339 e. The number of aryl methyl sites for hydroxylation is 1. The molecule has 7 nitrogen and oxygen atoms in total. The normalized spacial score (nSPS) is 10.4. The van der Waals surface area contributed by atoms with Crippen LogP contribution in [-0.2, 0) is 4.74 Å². The van der Waals surface area contributed by atoms with Crippen LogP contribution in [0.15, 0.2) is 48.8 Å². The number of hydrogen-bond donors (Lipinski definition) is 2. The highest BCUT2D eigenvalue weighted by atomic mass is 35.5. The molecule has 0 fully saturated rings. The van der Waals surface area contributed by atoms with E-state index in [1.54, 1.807) is 36.2 Å². The summed E-state index contributed by atoms with van der Waals surface area (Å²) in [5.74, 6) is 0.446. The quantitative estimate of drug-likeness (QED) is 0.619. The van der Waals surface area contributed by atoms with Gasteiger partial charge in [0.15, 0.2) is 11.6 Å². The van der Waals surface area contributed by atoms with Crippen LogP contribution in [0.5, 0.6) is 0 Å². The molecule has 3 aromatic rings. The van der Waals surface area contributed by atoms with Crippen molar-refractivity contribution in [1.29, 1.82) is 0 Å². The largest absolute Gasteiger partial charge is 0.465 e. The van der Waals surface area contributed by atoms with E-state index in [1.807, 2.05) is 25.1 Å². The third-order valence-corrected chi connectivity index (χ3v) is 4.69. The number of nitrogen functional groups attached to an aromatic ring is 1. The Labute approximate surface area is 168 Å². The number of aromatic nitrogens is 2. The molecule has 1 heterocycles. The Morgan fingerprint density at radius 2 is 1.96 bits per heavy atom. The molecule has 0 saturated carbocycles. The van der Waals surface area contributed by atoms with Gasteiger partial charge in [0, 0.05) is 17.8 Å². The van der Waals surface area contributed by atoms with Crippen molar-refractivity contribution >= 4 is 46.3 Å². The lowest BCUT2D eigenvalue weighted by Crippen LogP contribution is -2.18. The molecule has 0 amide bonds. The van der Waals surface area contributed by atoms with Gasteiger partial charge in [-0.2, -0.15) is 0 Å². The number of esters is 1. The Hall–Kier alpha value is -3.32. The average Bonchev–Trinajstić information content (AvgIpc) is 2.71. The van der Waals surface area contributed by atoms with Crippen LogP contribution in [-0.4, -0.2) is 30.1 Å². The lowest BCUT2D eigenvalue weighted by Gasteiger charge is -2.23. The molecule has 0 aliphatic rings. The van der Waals surface area contributed by atoms with Crippen LogP contribution in [0.25, 0.3) is 0 Å². The molecule has 0 saturated heterocycles. The van der Waals surface area contributed by atoms with Crippen molar-refractivity contribution in [3.63, 3.8) is 0 Å². The minimum Gasteiger partial charge on any atom is -0.465 e. The minimum absolute atomic E-state index is 0.335. The van der Waals surface area contributed by atoms with Gasteiger partial charge in [0.25, 0.3) is 0 Å². The summed E-state index contributed by atoms with van der Waals surface area (Å²) in [6.07, 6.45) is 1.40. The Morgan fingerprint density at radius 3 is 2.68 bits per heavy atom. The molecular weight excluding hydrogens is 378 g/mol. The first-order chi connectivity index (χ1) is 13.4. The number of ether oxygens (including phenoxy) is 1. The van der Waals surface area contributed by atoms with E-state index in [2.05, 4.69) is 15.3 Å². The van der Waals surface area contributed by atoms with Gasteiger partial charge in [-0.25, -0.2) is 14.8 Å². The first kappa shape index (κ1) is 19.4. The standard InChI is InChI=1S/C20H20ClN5O2/c1-12-8-9-13(10-15(12)21)25-18-17(22)19(24-11-23-18)26(2)16-7-5-4-6-14(16)20(27)28-3/h4-11H,22H2,1-3H3,(H,23,24,25). The zero-order valence-corrected chi connectivity index (χ0v) is 16.5. The van der Waals surface area contributed by atoms with Gasteiger partial charge in [0.2, 0.25) is 0 Å². The molecule has 0 aliphatic heterocycles. The summed E-state index contributed by atoms with van der Waals surface area (Å²) in [5, 5.41) is 3.80. The molecule has 8 heteroatoms. The number of methoxy groups -OCH3 is 1. The van der Waals surface area contributed by atoms with Crippen molar-refractivity contribution in [2.45, 2.75) is 6.92 Å². The third-order valence-electron chi connectivity index (χ3n) is 4.29. The van der Waals surface area contributed by atoms with Gasteiger partial charge < -0.3 is 20.7 Å². The fourth-order valence-corrected chi connectivity index (χ4v) is 2.90. The van der Waals surface area contributed by atoms with E-state index in [0.717, 1.165) is 11.3 Å². The van der Waals surface area contributed by atoms with Gasteiger partial charge >= 0.3 is 5.97 Å². The summed E-state index contributed by atoms with van der Waals surface area (Å²) in [7, 11) is 3.11. The van der Waals surface area contributed by atoms with Gasteiger partial charge in [-0.3, -0.25) is 0 Å². The van der Waals surface area contributed by atoms with Gasteiger partial charge in [-0.1, -0.05) is 29.8 Å². The van der Waals surface area contributed by atoms with E-state index in [0.29, 0.717) is 33.6 Å². The number of nitrogens with two attached hydrogens (primary N) is 1. The molecular formula is C20H20ClN5O2. The summed E-state index contributed by atoms with van der Waals surface area (Å²) in [4.78, 5) is 22.3. The van der Waals surface area contributed by atoms with Crippen molar-refractivity contribution in [1.82, 2.24) is 9.97 Å². The zero-order chi connectivity index (χ0) is 20.3. The second-order valence-electron chi connectivity index (χ2n) is 6.12. The Morgan fingerprint density at radius 1 is 1.21 bits per heavy atom. The first-order valence-corrected chi connectivity index (χ1v) is 8.85. The molecule has 144 valence electrons. The summed E-state index contributed by atoms with van der Waals surface area (Å²) < 4.78 is 4.86. The van der Waals surface area contributed by atoms with E-state index in [1.165, 1.54) is 13.4 Å². The van der Waals surface area contributed by atoms with Gasteiger partial charge in [0.05, 0.1) is 18.4 Å². The van der Waals surface area contributed by atoms with Crippen LogP contribution in [0, 0.1) is 6.92 Å². The number of nitrogens with zero attached hydrogens (tertiary/aromatic N) is 3. The molecule has 0 radical (unpaired) electrons. The first-order valence-electron chi connectivity index (χ1n) is 8.47. The molecule has 3 N–H and O–H groups in total. The predicted molar refractivity (Wildman–Crippen MR) is 112 cm³/mol. The monoisotopic (exact) mass is 397 g/mol. The van der Waals surface area contributed by atoms with Gasteiger partial charge in [-0.05, 0) is 36.8 Å². The van der Waals surface area contributed by atoms with Crippen molar-refractivity contribution in [3.05, 3.63) is 64.9 Å². The van der Waals surface area contributed by atoms with Crippen molar-refractivity contribution in [3.8, 4) is 0 Å². The maximum atomic E-state index is 12.1. The molecule has 0 spiro atoms. The number of anilines is 5. The van der Waals surface area contributed by atoms with E-state index in [-0.39, 0.29) is 0 Å². The average molecular weight is 398 g/mol. The summed E-state index contributed by atoms with van der Waals surface area (Å²) in [5.41, 5.74) is 9.40. The van der Waals surface area contributed by atoms with E-state index in [9.17, 15) is 4.79 Å². The van der Waals surface area contributed by atoms with Crippen LogP contribution in [0.4, 0.5) is 28.7 Å². The van der Waals surface area contributed by atoms with E-state index < -0.39 is 5.97 Å². The number of carbonyl (C=O) groups is 1. The highest BCUT2D eigenvalue weighted by Gasteiger charge is 2.19. The number of para-hydroxylation sites is 1. The number of halogens is 1. The molecule has 1 aromatic heterocycles. The van der Waals surface area contributed by atoms with Gasteiger partial charge in [-0.15, -0.1) is 0 Å². The van der Waals surface area contributed by atoms with Gasteiger partial charge in [0.1, 0.15) is 12.0 Å². The highest BCUT2D eigenvalue weighted by molar-refractivity contribution is 6.31. The fraction of sp³-hybridized carbons (Fsp3) is 0.150. The molecule has 0 bridgehead atoms. The maximum absolute atomic E-state index is 12.1. The van der Waals surface area contributed by atoms with Crippen LogP contribution in [0.1, 0.15) is 15.9 Å². The lowest BCUT2D eigenvalue weighted by atomic mass is 10.1. The number of benzene rings is 2. The Kier molecular flexibility index (Phi) is 5.65. The van der Waals surface area contributed by atoms with Crippen molar-refractivity contribution in [2.24, 2.45) is 0 Å². The van der Waals surface area contributed by atoms with Crippen LogP contribution in [0.3, 0.4) is 0 Å². The zero-order valence-electron chi connectivity index (χ0n) is 15.7. The molecule has 3 rings (SSSR count). The smallest absolute Gasteiger partial charge is 0.339 e. The van der Waals surface area contributed by atoms with E-state index >= 15 is 0 Å². The molecule has 0 aliphatic carbocycles. The van der Waals surface area contributed by atoms with E-state index in [4.69, 9.17) is 22.1 Å². The molecule has 2 aromatic carbocycles. The fourth-order valence-electron chi connectivity index (χ4n) is 2.72. The van der Waals surface area contributed by atoms with Crippen LogP contribution in [0.2, 0.25) is 5.02 Å². The van der Waals surface area contributed by atoms with Crippen molar-refractivity contribution in [2.75, 3.05) is 30.1 Å². The lowest BCUT2D eigenvalue weighted by molar-refractivity contribution is 0.0601. The van der Waals surface area contributed by atoms with Crippen LogP contribution < -0.4 is 16.0 Å². The second kappa shape index (κ2) is 8.14. The second-order valence-corrected chi connectivity index (χ2v) is 6.52. The number of rotatable bonds is 5. The van der Waals surface area contributed by atoms with Crippen LogP contribution >= 0.6 is 11.6 Å². The summed E-state index contributed by atoms with van der Waals surface area (Å²) >= 11 is 6.19. The molecule has 28 heavy (non-hydrogen) atoms. The Balaban J connectivity index is 1.97. The summed E-state index contributed by atoms with van der Waals surface area (Å²) in [6, 6.07) is 12.7. The Bertz CT molecular complexity index is 1030. The third kappa shape index (κ3) is 3.84. The number of carbonyl (C=O) groups excluding carboxylic acids is 1. The van der Waals surface area contributed by atoms with Crippen molar-refractivity contribution < 1.29 is 9.53 Å².